The van der Waals surface area contributed by atoms with Gasteiger partial charge in [-0.3, -0.25) is 4.79 Å². The van der Waals surface area contributed by atoms with Crippen molar-refractivity contribution in [1.82, 2.24) is 9.80 Å². The molecule has 0 saturated heterocycles. The maximum Gasteiger partial charge on any atom is 0.253 e. The van der Waals surface area contributed by atoms with E-state index in [9.17, 15) is 4.79 Å². The molecule has 0 radical (unpaired) electrons. The van der Waals surface area contributed by atoms with Crippen molar-refractivity contribution in [1.29, 1.82) is 0 Å². The van der Waals surface area contributed by atoms with Crippen LogP contribution in [0.3, 0.4) is 0 Å². The zero-order chi connectivity index (χ0) is 15.0. The molecule has 0 spiro atoms. The number of ether oxygens (including phenoxy) is 1. The van der Waals surface area contributed by atoms with Crippen LogP contribution in [-0.4, -0.2) is 56.5 Å². The maximum absolute atomic E-state index is 12.5. The van der Waals surface area contributed by atoms with Crippen molar-refractivity contribution in [2.45, 2.75) is 19.8 Å². The van der Waals surface area contributed by atoms with Crippen molar-refractivity contribution >= 4 is 5.91 Å². The van der Waals surface area contributed by atoms with Crippen molar-refractivity contribution in [3.63, 3.8) is 0 Å². The van der Waals surface area contributed by atoms with Crippen LogP contribution >= 0.6 is 0 Å². The van der Waals surface area contributed by atoms with Gasteiger partial charge in [0.25, 0.3) is 5.91 Å². The van der Waals surface area contributed by atoms with E-state index in [-0.39, 0.29) is 5.91 Å². The summed E-state index contributed by atoms with van der Waals surface area (Å²) in [4.78, 5) is 16.6. The highest BCUT2D eigenvalue weighted by Crippen LogP contribution is 2.13. The summed E-state index contributed by atoms with van der Waals surface area (Å²) in [7, 11) is 5.73. The number of benzene rings is 1. The van der Waals surface area contributed by atoms with Gasteiger partial charge in [0.15, 0.2) is 0 Å². The first-order valence-corrected chi connectivity index (χ1v) is 7.16. The van der Waals surface area contributed by atoms with Crippen LogP contribution < -0.4 is 4.74 Å². The van der Waals surface area contributed by atoms with E-state index in [0.717, 1.165) is 43.8 Å². The Morgan fingerprint density at radius 2 is 1.75 bits per heavy atom. The quantitative estimate of drug-likeness (QED) is 0.732. The Bertz CT molecular complexity index is 401. The standard InChI is InChI=1S/C16H26N2O2/c1-5-11-18(13-6-12-17(2)3)16(19)14-7-9-15(20-4)10-8-14/h7-10H,5-6,11-13H2,1-4H3. The molecule has 1 rings (SSSR count). The molecule has 0 bridgehead atoms. The first-order valence-electron chi connectivity index (χ1n) is 7.16. The molecule has 0 fully saturated rings. The zero-order valence-electron chi connectivity index (χ0n) is 13.1. The lowest BCUT2D eigenvalue weighted by Gasteiger charge is -2.23. The molecular formula is C16H26N2O2. The minimum atomic E-state index is 0.105. The lowest BCUT2D eigenvalue weighted by molar-refractivity contribution is 0.0750. The van der Waals surface area contributed by atoms with Gasteiger partial charge >= 0.3 is 0 Å². The Hall–Kier alpha value is -1.55. The maximum atomic E-state index is 12.5. The molecule has 0 saturated carbocycles. The molecule has 20 heavy (non-hydrogen) atoms. The molecule has 0 heterocycles. The molecule has 0 aliphatic carbocycles. The van der Waals surface area contributed by atoms with Gasteiger partial charge in [-0.1, -0.05) is 6.92 Å². The highest BCUT2D eigenvalue weighted by Gasteiger charge is 2.14. The van der Waals surface area contributed by atoms with E-state index in [4.69, 9.17) is 4.74 Å². The fourth-order valence-electron chi connectivity index (χ4n) is 2.08. The topological polar surface area (TPSA) is 32.8 Å². The summed E-state index contributed by atoms with van der Waals surface area (Å²) >= 11 is 0. The van der Waals surface area contributed by atoms with E-state index in [2.05, 4.69) is 25.9 Å². The minimum Gasteiger partial charge on any atom is -0.497 e. The number of rotatable bonds is 8. The van der Waals surface area contributed by atoms with Crippen LogP contribution in [0.4, 0.5) is 0 Å². The monoisotopic (exact) mass is 278 g/mol. The molecule has 1 amide bonds. The number of hydrogen-bond donors (Lipinski definition) is 0. The van der Waals surface area contributed by atoms with Crippen molar-refractivity contribution in [3.8, 4) is 5.75 Å². The van der Waals surface area contributed by atoms with Crippen LogP contribution in [0.5, 0.6) is 5.75 Å². The van der Waals surface area contributed by atoms with Gasteiger partial charge in [-0.2, -0.15) is 0 Å². The number of amides is 1. The second-order valence-electron chi connectivity index (χ2n) is 5.18. The lowest BCUT2D eigenvalue weighted by atomic mass is 10.1. The summed E-state index contributed by atoms with van der Waals surface area (Å²) in [6.45, 7) is 4.70. The number of carbonyl (C=O) groups excluding carboxylic acids is 1. The summed E-state index contributed by atoms with van der Waals surface area (Å²) < 4.78 is 5.12. The van der Waals surface area contributed by atoms with Gasteiger partial charge in [-0.15, -0.1) is 0 Å². The summed E-state index contributed by atoms with van der Waals surface area (Å²) in [5, 5.41) is 0. The van der Waals surface area contributed by atoms with Gasteiger partial charge in [0.05, 0.1) is 7.11 Å². The molecule has 0 aliphatic heterocycles. The van der Waals surface area contributed by atoms with E-state index in [1.807, 2.05) is 29.2 Å². The highest BCUT2D eigenvalue weighted by atomic mass is 16.5. The van der Waals surface area contributed by atoms with Crippen molar-refractivity contribution in [2.75, 3.05) is 40.8 Å². The molecule has 4 nitrogen and oxygen atoms in total. The zero-order valence-corrected chi connectivity index (χ0v) is 13.1. The molecule has 112 valence electrons. The van der Waals surface area contributed by atoms with Crippen LogP contribution in [0.1, 0.15) is 30.1 Å². The molecule has 4 heteroatoms. The third-order valence-corrected chi connectivity index (χ3v) is 3.15. The smallest absolute Gasteiger partial charge is 0.253 e. The number of methoxy groups -OCH3 is 1. The highest BCUT2D eigenvalue weighted by molar-refractivity contribution is 5.94. The molecule has 0 N–H and O–H groups in total. The second kappa shape index (κ2) is 8.59. The average Bonchev–Trinajstić information content (AvgIpc) is 2.45. The summed E-state index contributed by atoms with van der Waals surface area (Å²) in [5.74, 6) is 0.879. The molecule has 1 aromatic carbocycles. The van der Waals surface area contributed by atoms with Crippen LogP contribution in [0.15, 0.2) is 24.3 Å². The fourth-order valence-corrected chi connectivity index (χ4v) is 2.08. The SMILES string of the molecule is CCCN(CCCN(C)C)C(=O)c1ccc(OC)cc1. The van der Waals surface area contributed by atoms with Crippen molar-refractivity contribution in [3.05, 3.63) is 29.8 Å². The Labute approximate surface area is 122 Å². The first-order chi connectivity index (χ1) is 9.58. The Morgan fingerprint density at radius 3 is 2.25 bits per heavy atom. The Balaban J connectivity index is 2.66. The van der Waals surface area contributed by atoms with Crippen LogP contribution in [0.2, 0.25) is 0 Å². The minimum absolute atomic E-state index is 0.105. The van der Waals surface area contributed by atoms with E-state index in [1.54, 1.807) is 7.11 Å². The van der Waals surface area contributed by atoms with Crippen LogP contribution in [0, 0.1) is 0 Å². The predicted octanol–water partition coefficient (Wildman–Crippen LogP) is 2.50. The van der Waals surface area contributed by atoms with E-state index < -0.39 is 0 Å². The summed E-state index contributed by atoms with van der Waals surface area (Å²) in [6, 6.07) is 7.32. The summed E-state index contributed by atoms with van der Waals surface area (Å²) in [5.41, 5.74) is 0.726. The summed E-state index contributed by atoms with van der Waals surface area (Å²) in [6.07, 6.45) is 1.97. The average molecular weight is 278 g/mol. The number of nitrogens with zero attached hydrogens (tertiary/aromatic N) is 2. The molecular weight excluding hydrogens is 252 g/mol. The van der Waals surface area contributed by atoms with E-state index >= 15 is 0 Å². The predicted molar refractivity (Wildman–Crippen MR) is 82.4 cm³/mol. The van der Waals surface area contributed by atoms with Gasteiger partial charge in [-0.05, 0) is 57.7 Å². The van der Waals surface area contributed by atoms with Crippen LogP contribution in [0.25, 0.3) is 0 Å². The van der Waals surface area contributed by atoms with E-state index in [1.165, 1.54) is 0 Å². The Morgan fingerprint density at radius 1 is 1.10 bits per heavy atom. The molecule has 0 unspecified atom stereocenters. The largest absolute Gasteiger partial charge is 0.497 e. The fraction of sp³-hybridized carbons (Fsp3) is 0.562. The Kier molecular flexibility index (Phi) is 7.09. The van der Waals surface area contributed by atoms with Gasteiger partial charge in [0.2, 0.25) is 0 Å². The van der Waals surface area contributed by atoms with E-state index in [0.29, 0.717) is 0 Å². The van der Waals surface area contributed by atoms with Gasteiger partial charge in [-0.25, -0.2) is 0 Å². The normalized spacial score (nSPS) is 10.7. The van der Waals surface area contributed by atoms with Crippen LogP contribution in [-0.2, 0) is 0 Å². The van der Waals surface area contributed by atoms with Crippen molar-refractivity contribution in [2.24, 2.45) is 0 Å². The lowest BCUT2D eigenvalue weighted by Crippen LogP contribution is -2.34. The van der Waals surface area contributed by atoms with Gasteiger partial charge < -0.3 is 14.5 Å². The van der Waals surface area contributed by atoms with Crippen molar-refractivity contribution < 1.29 is 9.53 Å². The van der Waals surface area contributed by atoms with Gasteiger partial charge in [0.1, 0.15) is 5.75 Å². The number of carbonyl (C=O) groups is 1. The molecule has 1 aromatic rings. The second-order valence-corrected chi connectivity index (χ2v) is 5.18. The van der Waals surface area contributed by atoms with Gasteiger partial charge in [0, 0.05) is 18.7 Å². The molecule has 0 aliphatic rings. The first kappa shape index (κ1) is 16.5. The number of hydrogen-bond acceptors (Lipinski definition) is 3. The molecule has 0 aromatic heterocycles. The third-order valence-electron chi connectivity index (χ3n) is 3.15. The third kappa shape index (κ3) is 5.21. The molecule has 0 atom stereocenters.